The van der Waals surface area contributed by atoms with E-state index in [9.17, 15) is 4.79 Å². The fraction of sp³-hybridized carbons (Fsp3) is 0.231. The Bertz CT molecular complexity index is 623. The molecule has 0 amide bonds. The van der Waals surface area contributed by atoms with Gasteiger partial charge in [0.05, 0.1) is 0 Å². The quantitative estimate of drug-likeness (QED) is 0.819. The van der Waals surface area contributed by atoms with Crippen LogP contribution >= 0.6 is 39.0 Å². The van der Waals surface area contributed by atoms with Crippen molar-refractivity contribution < 1.29 is 4.79 Å². The van der Waals surface area contributed by atoms with Crippen molar-refractivity contribution in [2.24, 2.45) is 0 Å². The first-order chi connectivity index (χ1) is 8.63. The van der Waals surface area contributed by atoms with Gasteiger partial charge in [0.2, 0.25) is 0 Å². The van der Waals surface area contributed by atoms with Crippen LogP contribution in [0.25, 0.3) is 0 Å². The average molecular weight is 340 g/mol. The van der Waals surface area contributed by atoms with Gasteiger partial charge in [0, 0.05) is 22.6 Å². The summed E-state index contributed by atoms with van der Waals surface area (Å²) in [5.74, 6) is 0.267. The molecule has 18 heavy (non-hydrogen) atoms. The molecule has 0 fully saturated rings. The van der Waals surface area contributed by atoms with Crippen molar-refractivity contribution >= 4 is 44.1 Å². The van der Waals surface area contributed by atoms with Gasteiger partial charge in [0.1, 0.15) is 9.61 Å². The molecule has 1 aromatic carbocycles. The zero-order valence-electron chi connectivity index (χ0n) is 9.64. The molecule has 1 atom stereocenters. The maximum absolute atomic E-state index is 11.4. The molecule has 0 saturated carbocycles. The van der Waals surface area contributed by atoms with Gasteiger partial charge in [-0.3, -0.25) is 4.79 Å². The minimum atomic E-state index is 0.242. The van der Waals surface area contributed by atoms with Gasteiger partial charge < -0.3 is 0 Å². The fourth-order valence-electron chi connectivity index (χ4n) is 2.00. The van der Waals surface area contributed by atoms with Gasteiger partial charge in [0.15, 0.2) is 5.12 Å². The van der Waals surface area contributed by atoms with Crippen molar-refractivity contribution in [3.8, 4) is 0 Å². The minimum absolute atomic E-state index is 0.242. The molecule has 0 bridgehead atoms. The number of benzene rings is 1. The maximum atomic E-state index is 11.4. The standard InChI is InChI=1S/C13H10BrNOS2/c1-7(13-15-11(14)6-17-13)8-2-3-9-5-12(16)18-10(9)4-8/h2-4,6-7H,5H2,1H3. The molecule has 0 N–H and O–H groups in total. The second-order valence-corrected chi connectivity index (χ2v) is 7.05. The predicted octanol–water partition coefficient (Wildman–Crippen LogP) is 4.23. The average Bonchev–Trinajstić information content (AvgIpc) is 2.92. The van der Waals surface area contributed by atoms with Crippen LogP contribution in [0, 0.1) is 0 Å². The molecule has 1 aliphatic heterocycles. The van der Waals surface area contributed by atoms with E-state index in [0.717, 1.165) is 20.1 Å². The first-order valence-corrected chi connectivity index (χ1v) is 8.07. The van der Waals surface area contributed by atoms with Crippen molar-refractivity contribution in [2.75, 3.05) is 0 Å². The summed E-state index contributed by atoms with van der Waals surface area (Å²) >= 11 is 6.39. The Balaban J connectivity index is 1.94. The topological polar surface area (TPSA) is 30.0 Å². The predicted molar refractivity (Wildman–Crippen MR) is 78.3 cm³/mol. The van der Waals surface area contributed by atoms with Gasteiger partial charge in [-0.2, -0.15) is 0 Å². The summed E-state index contributed by atoms with van der Waals surface area (Å²) in [6, 6.07) is 6.31. The number of hydrogen-bond donors (Lipinski definition) is 0. The lowest BCUT2D eigenvalue weighted by Gasteiger charge is -2.10. The van der Waals surface area contributed by atoms with Crippen molar-refractivity contribution in [3.63, 3.8) is 0 Å². The first-order valence-electron chi connectivity index (χ1n) is 5.58. The van der Waals surface area contributed by atoms with Gasteiger partial charge in [-0.15, -0.1) is 11.3 Å². The lowest BCUT2D eigenvalue weighted by Crippen LogP contribution is -1.96. The highest BCUT2D eigenvalue weighted by Crippen LogP contribution is 2.36. The Labute approximate surface area is 122 Å². The van der Waals surface area contributed by atoms with E-state index in [1.54, 1.807) is 11.3 Å². The maximum Gasteiger partial charge on any atom is 0.198 e. The Morgan fingerprint density at radius 1 is 1.44 bits per heavy atom. The summed E-state index contributed by atoms with van der Waals surface area (Å²) in [7, 11) is 0. The number of halogens is 1. The normalized spacial score (nSPS) is 15.8. The van der Waals surface area contributed by atoms with Gasteiger partial charge in [-0.05, 0) is 33.1 Å². The highest BCUT2D eigenvalue weighted by atomic mass is 79.9. The number of carbonyl (C=O) groups excluding carboxylic acids is 1. The molecule has 2 aromatic rings. The fourth-order valence-corrected chi connectivity index (χ4v) is 4.29. The molecule has 0 spiro atoms. The third-order valence-corrected chi connectivity index (χ3v) is 5.72. The third-order valence-electron chi connectivity index (χ3n) is 3.01. The molecule has 0 saturated heterocycles. The molecule has 1 aromatic heterocycles. The van der Waals surface area contributed by atoms with Crippen LogP contribution in [0.5, 0.6) is 0 Å². The van der Waals surface area contributed by atoms with Gasteiger partial charge >= 0.3 is 0 Å². The molecule has 1 unspecified atom stereocenters. The zero-order valence-corrected chi connectivity index (χ0v) is 12.9. The largest absolute Gasteiger partial charge is 0.286 e. The highest BCUT2D eigenvalue weighted by Gasteiger charge is 2.21. The van der Waals surface area contributed by atoms with E-state index in [4.69, 9.17) is 0 Å². The number of thiazole rings is 1. The Morgan fingerprint density at radius 2 is 2.28 bits per heavy atom. The van der Waals surface area contributed by atoms with Crippen LogP contribution in [0.3, 0.4) is 0 Å². The van der Waals surface area contributed by atoms with Crippen LogP contribution < -0.4 is 0 Å². The molecule has 92 valence electrons. The van der Waals surface area contributed by atoms with Gasteiger partial charge in [-0.1, -0.05) is 30.8 Å². The summed E-state index contributed by atoms with van der Waals surface area (Å²) in [5.41, 5.74) is 2.37. The van der Waals surface area contributed by atoms with E-state index < -0.39 is 0 Å². The molecule has 1 aliphatic rings. The number of aromatic nitrogens is 1. The van der Waals surface area contributed by atoms with Gasteiger partial charge in [-0.25, -0.2) is 4.98 Å². The lowest BCUT2D eigenvalue weighted by atomic mass is 10.00. The molecule has 2 nitrogen and oxygen atoms in total. The Hall–Kier alpha value is -0.650. The molecule has 3 rings (SSSR count). The Kier molecular flexibility index (Phi) is 3.30. The first kappa shape index (κ1) is 12.4. The van der Waals surface area contributed by atoms with Crippen LogP contribution in [0.1, 0.15) is 29.0 Å². The van der Waals surface area contributed by atoms with E-state index in [2.05, 4.69) is 46.0 Å². The van der Waals surface area contributed by atoms with Crippen LogP contribution in [-0.2, 0) is 11.2 Å². The summed E-state index contributed by atoms with van der Waals surface area (Å²) < 4.78 is 0.889. The van der Waals surface area contributed by atoms with Gasteiger partial charge in [0.25, 0.3) is 0 Å². The SMILES string of the molecule is CC(c1ccc2c(c1)SC(=O)C2)c1nc(Br)cs1. The molecule has 5 heteroatoms. The van der Waals surface area contributed by atoms with E-state index in [1.807, 2.05) is 5.38 Å². The lowest BCUT2D eigenvalue weighted by molar-refractivity contribution is -0.110. The van der Waals surface area contributed by atoms with Crippen molar-refractivity contribution in [2.45, 2.75) is 24.2 Å². The van der Waals surface area contributed by atoms with E-state index >= 15 is 0 Å². The van der Waals surface area contributed by atoms with Crippen molar-refractivity contribution in [3.05, 3.63) is 44.3 Å². The monoisotopic (exact) mass is 339 g/mol. The van der Waals surface area contributed by atoms with Crippen LogP contribution in [0.15, 0.2) is 33.1 Å². The van der Waals surface area contributed by atoms with E-state index in [1.165, 1.54) is 17.3 Å². The molecule has 2 heterocycles. The zero-order chi connectivity index (χ0) is 12.7. The molecular formula is C13H10BrNOS2. The number of fused-ring (bicyclic) bond motifs is 1. The smallest absolute Gasteiger partial charge is 0.198 e. The van der Waals surface area contributed by atoms with E-state index in [0.29, 0.717) is 6.42 Å². The molecular weight excluding hydrogens is 330 g/mol. The Morgan fingerprint density at radius 3 is 3.00 bits per heavy atom. The summed E-state index contributed by atoms with van der Waals surface area (Å²) in [6.07, 6.45) is 0.567. The molecule has 0 aliphatic carbocycles. The number of rotatable bonds is 2. The summed E-state index contributed by atoms with van der Waals surface area (Å²) in [4.78, 5) is 17.0. The summed E-state index contributed by atoms with van der Waals surface area (Å²) in [5, 5.41) is 3.33. The third kappa shape index (κ3) is 2.27. The van der Waals surface area contributed by atoms with Crippen LogP contribution in [0.2, 0.25) is 0 Å². The minimum Gasteiger partial charge on any atom is -0.286 e. The number of thioether (sulfide) groups is 1. The van der Waals surface area contributed by atoms with Crippen molar-refractivity contribution in [1.82, 2.24) is 4.98 Å². The van der Waals surface area contributed by atoms with E-state index in [-0.39, 0.29) is 11.0 Å². The number of hydrogen-bond acceptors (Lipinski definition) is 4. The number of nitrogens with zero attached hydrogens (tertiary/aromatic N) is 1. The van der Waals surface area contributed by atoms with Crippen molar-refractivity contribution in [1.29, 1.82) is 0 Å². The summed E-state index contributed by atoms with van der Waals surface area (Å²) in [6.45, 7) is 2.15. The van der Waals surface area contributed by atoms with Crippen LogP contribution in [-0.4, -0.2) is 10.1 Å². The second kappa shape index (κ2) is 4.79. The number of carbonyl (C=O) groups is 1. The molecule has 0 radical (unpaired) electrons. The highest BCUT2D eigenvalue weighted by molar-refractivity contribution is 9.10. The second-order valence-electron chi connectivity index (χ2n) is 4.25. The van der Waals surface area contributed by atoms with Crippen LogP contribution in [0.4, 0.5) is 0 Å².